The van der Waals surface area contributed by atoms with Crippen molar-refractivity contribution in [2.24, 2.45) is 0 Å². The molecule has 0 aliphatic carbocycles. The van der Waals surface area contributed by atoms with Gasteiger partial charge in [0, 0.05) is 0 Å². The average molecular weight is 159 g/mol. The molecule has 1 aromatic rings. The van der Waals surface area contributed by atoms with Crippen LogP contribution in [0, 0.1) is 6.92 Å². The molecule has 0 radical (unpaired) electrons. The second-order valence-corrected chi connectivity index (χ2v) is 2.16. The summed E-state index contributed by atoms with van der Waals surface area (Å²) in [6.07, 6.45) is 1.42. The minimum Gasteiger partial charge on any atom is -0.480 e. The Hall–Kier alpha value is -0.830. The summed E-state index contributed by atoms with van der Waals surface area (Å²) in [5.41, 5.74) is 0.730. The molecule has 0 unspecified atom stereocenters. The highest BCUT2D eigenvalue weighted by molar-refractivity contribution is 6.32. The summed E-state index contributed by atoms with van der Waals surface area (Å²) in [6.45, 7) is 1.80. The summed E-state index contributed by atoms with van der Waals surface area (Å²) in [7, 11) is 1.52. The lowest BCUT2D eigenvalue weighted by Crippen LogP contribution is -1.92. The summed E-state index contributed by atoms with van der Waals surface area (Å²) in [4.78, 5) is 7.66. The van der Waals surface area contributed by atoms with Crippen LogP contribution in [0.2, 0.25) is 5.02 Å². The molecule has 0 aliphatic rings. The predicted octanol–water partition coefficient (Wildman–Crippen LogP) is 1.45. The van der Waals surface area contributed by atoms with E-state index in [2.05, 4.69) is 9.97 Å². The first-order chi connectivity index (χ1) is 4.75. The maximum Gasteiger partial charge on any atom is 0.235 e. The van der Waals surface area contributed by atoms with Crippen LogP contribution in [0.1, 0.15) is 5.69 Å². The van der Waals surface area contributed by atoms with Gasteiger partial charge in [0.15, 0.2) is 0 Å². The lowest BCUT2D eigenvalue weighted by Gasteiger charge is -2.00. The molecule has 0 aliphatic heterocycles. The molecule has 0 N–H and O–H groups in total. The van der Waals surface area contributed by atoms with Crippen LogP contribution in [0.15, 0.2) is 6.33 Å². The number of hydrogen-bond donors (Lipinski definition) is 0. The Morgan fingerprint density at radius 1 is 1.50 bits per heavy atom. The van der Waals surface area contributed by atoms with Crippen molar-refractivity contribution in [3.63, 3.8) is 0 Å². The van der Waals surface area contributed by atoms with Gasteiger partial charge in [0.05, 0.1) is 12.8 Å². The van der Waals surface area contributed by atoms with Crippen molar-refractivity contribution in [1.82, 2.24) is 9.97 Å². The highest BCUT2D eigenvalue weighted by atomic mass is 35.5. The fourth-order valence-electron chi connectivity index (χ4n) is 0.578. The van der Waals surface area contributed by atoms with Crippen molar-refractivity contribution in [3.8, 4) is 5.88 Å². The van der Waals surface area contributed by atoms with E-state index in [9.17, 15) is 0 Å². The van der Waals surface area contributed by atoms with Gasteiger partial charge in [-0.15, -0.1) is 0 Å². The molecular weight excluding hydrogens is 152 g/mol. The predicted molar refractivity (Wildman–Crippen MR) is 38.3 cm³/mol. The molecule has 3 nitrogen and oxygen atoms in total. The van der Waals surface area contributed by atoms with Gasteiger partial charge < -0.3 is 4.74 Å². The van der Waals surface area contributed by atoms with Crippen LogP contribution in [0.25, 0.3) is 0 Å². The lowest BCUT2D eigenvalue weighted by atomic mass is 10.4. The standard InChI is InChI=1S/C6H7ClN2O/c1-4-5(7)6(10-2)9-3-8-4/h3H,1-2H3. The van der Waals surface area contributed by atoms with Crippen molar-refractivity contribution in [2.75, 3.05) is 7.11 Å². The molecule has 0 fully saturated rings. The number of aryl methyl sites for hydroxylation is 1. The van der Waals surface area contributed by atoms with E-state index in [1.165, 1.54) is 13.4 Å². The number of rotatable bonds is 1. The first kappa shape index (κ1) is 7.28. The molecule has 4 heteroatoms. The molecule has 0 saturated heterocycles. The van der Waals surface area contributed by atoms with Crippen LogP contribution in [-0.2, 0) is 0 Å². The summed E-state index contributed by atoms with van der Waals surface area (Å²) < 4.78 is 4.84. The van der Waals surface area contributed by atoms with Crippen molar-refractivity contribution >= 4 is 11.6 Å². The van der Waals surface area contributed by atoms with E-state index in [1.807, 2.05) is 0 Å². The van der Waals surface area contributed by atoms with Crippen molar-refractivity contribution in [3.05, 3.63) is 17.0 Å². The Labute approximate surface area is 64.0 Å². The smallest absolute Gasteiger partial charge is 0.235 e. The second kappa shape index (κ2) is 2.84. The third-order valence-electron chi connectivity index (χ3n) is 1.13. The largest absolute Gasteiger partial charge is 0.480 e. The Bertz CT molecular complexity index is 239. The summed E-state index contributed by atoms with van der Waals surface area (Å²) in [5, 5.41) is 0.477. The maximum atomic E-state index is 5.74. The van der Waals surface area contributed by atoms with Crippen molar-refractivity contribution in [1.29, 1.82) is 0 Å². The summed E-state index contributed by atoms with van der Waals surface area (Å²) in [6, 6.07) is 0. The SMILES string of the molecule is COc1ncnc(C)c1Cl. The van der Waals surface area contributed by atoms with E-state index >= 15 is 0 Å². The van der Waals surface area contributed by atoms with Gasteiger partial charge in [-0.3, -0.25) is 0 Å². The zero-order valence-corrected chi connectivity index (χ0v) is 6.51. The van der Waals surface area contributed by atoms with Gasteiger partial charge in [-0.2, -0.15) is 0 Å². The van der Waals surface area contributed by atoms with Gasteiger partial charge >= 0.3 is 0 Å². The number of ether oxygens (including phenoxy) is 1. The average Bonchev–Trinajstić information content (AvgIpc) is 1.95. The quantitative estimate of drug-likeness (QED) is 0.621. The topological polar surface area (TPSA) is 35.0 Å². The van der Waals surface area contributed by atoms with Crippen LogP contribution in [0.3, 0.4) is 0 Å². The van der Waals surface area contributed by atoms with Crippen molar-refractivity contribution < 1.29 is 4.74 Å². The summed E-state index contributed by atoms with van der Waals surface area (Å²) >= 11 is 5.74. The number of methoxy groups -OCH3 is 1. The van der Waals surface area contributed by atoms with E-state index in [0.717, 1.165) is 5.69 Å². The Balaban J connectivity index is 3.14. The van der Waals surface area contributed by atoms with Crippen LogP contribution in [-0.4, -0.2) is 17.1 Å². The van der Waals surface area contributed by atoms with E-state index in [0.29, 0.717) is 10.9 Å². The van der Waals surface area contributed by atoms with Crippen LogP contribution >= 0.6 is 11.6 Å². The first-order valence-corrected chi connectivity index (χ1v) is 3.14. The van der Waals surface area contributed by atoms with E-state index in [1.54, 1.807) is 6.92 Å². The molecule has 0 aromatic carbocycles. The molecule has 1 heterocycles. The number of halogens is 1. The van der Waals surface area contributed by atoms with Gasteiger partial charge in [-0.1, -0.05) is 11.6 Å². The molecule has 54 valence electrons. The van der Waals surface area contributed by atoms with E-state index in [-0.39, 0.29) is 0 Å². The lowest BCUT2D eigenvalue weighted by molar-refractivity contribution is 0.396. The van der Waals surface area contributed by atoms with Crippen LogP contribution in [0.4, 0.5) is 0 Å². The fourth-order valence-corrected chi connectivity index (χ4v) is 0.753. The summed E-state index contributed by atoms with van der Waals surface area (Å²) in [5.74, 6) is 0.425. The third kappa shape index (κ3) is 1.19. The van der Waals surface area contributed by atoms with Gasteiger partial charge in [0.2, 0.25) is 5.88 Å². The zero-order chi connectivity index (χ0) is 7.56. The van der Waals surface area contributed by atoms with Crippen molar-refractivity contribution in [2.45, 2.75) is 6.92 Å². The fraction of sp³-hybridized carbons (Fsp3) is 0.333. The molecule has 10 heavy (non-hydrogen) atoms. The number of aromatic nitrogens is 2. The second-order valence-electron chi connectivity index (χ2n) is 1.78. The van der Waals surface area contributed by atoms with Gasteiger partial charge in [-0.25, -0.2) is 9.97 Å². The van der Waals surface area contributed by atoms with E-state index < -0.39 is 0 Å². The third-order valence-corrected chi connectivity index (χ3v) is 1.56. The highest BCUT2D eigenvalue weighted by Crippen LogP contribution is 2.21. The Morgan fingerprint density at radius 3 is 2.70 bits per heavy atom. The molecular formula is C6H7ClN2O. The molecule has 0 spiro atoms. The van der Waals surface area contributed by atoms with Crippen LogP contribution < -0.4 is 4.74 Å². The molecule has 0 saturated carbocycles. The van der Waals surface area contributed by atoms with Crippen LogP contribution in [0.5, 0.6) is 5.88 Å². The molecule has 1 rings (SSSR count). The van der Waals surface area contributed by atoms with Gasteiger partial charge in [-0.05, 0) is 6.92 Å². The highest BCUT2D eigenvalue weighted by Gasteiger charge is 2.03. The van der Waals surface area contributed by atoms with Gasteiger partial charge in [0.1, 0.15) is 11.3 Å². The Morgan fingerprint density at radius 2 is 2.20 bits per heavy atom. The first-order valence-electron chi connectivity index (χ1n) is 2.76. The zero-order valence-electron chi connectivity index (χ0n) is 5.76. The normalized spacial score (nSPS) is 9.50. The van der Waals surface area contributed by atoms with Gasteiger partial charge in [0.25, 0.3) is 0 Å². The molecule has 0 amide bonds. The number of nitrogens with zero attached hydrogens (tertiary/aromatic N) is 2. The minimum absolute atomic E-state index is 0.425. The minimum atomic E-state index is 0.425. The number of hydrogen-bond acceptors (Lipinski definition) is 3. The molecule has 0 atom stereocenters. The monoisotopic (exact) mass is 158 g/mol. The maximum absolute atomic E-state index is 5.74. The van der Waals surface area contributed by atoms with E-state index in [4.69, 9.17) is 16.3 Å². The molecule has 0 bridgehead atoms. The molecule has 1 aromatic heterocycles. The Kier molecular flexibility index (Phi) is 2.06.